The van der Waals surface area contributed by atoms with Crippen LogP contribution in [0.4, 0.5) is 5.95 Å². The van der Waals surface area contributed by atoms with Crippen molar-refractivity contribution >= 4 is 23.6 Å². The van der Waals surface area contributed by atoms with E-state index in [2.05, 4.69) is 42.8 Å². The molecule has 1 amide bonds. The van der Waals surface area contributed by atoms with Gasteiger partial charge in [-0.25, -0.2) is 0 Å². The van der Waals surface area contributed by atoms with Gasteiger partial charge in [0, 0.05) is 25.2 Å². The van der Waals surface area contributed by atoms with Crippen LogP contribution < -0.4 is 9.64 Å². The van der Waals surface area contributed by atoms with E-state index in [-0.39, 0.29) is 23.2 Å². The summed E-state index contributed by atoms with van der Waals surface area (Å²) in [5.41, 5.74) is 0.891. The second-order valence-electron chi connectivity index (χ2n) is 8.53. The zero-order valence-electron chi connectivity index (χ0n) is 19.5. The quantitative estimate of drug-likeness (QED) is 0.562. The monoisotopic (exact) mass is 445 g/mol. The van der Waals surface area contributed by atoms with Crippen LogP contribution in [0.5, 0.6) is 5.75 Å². The molecule has 2 heterocycles. The number of carbonyl (C=O) groups excluding carboxylic acids is 1. The van der Waals surface area contributed by atoms with Crippen molar-refractivity contribution in [3.05, 3.63) is 24.3 Å². The van der Waals surface area contributed by atoms with Gasteiger partial charge in [0.2, 0.25) is 11.9 Å². The number of hydrogen-bond donors (Lipinski definition) is 0. The second kappa shape index (κ2) is 10.4. The van der Waals surface area contributed by atoms with E-state index in [9.17, 15) is 4.79 Å². The molecule has 1 saturated heterocycles. The number of anilines is 1. The Kier molecular flexibility index (Phi) is 7.86. The third-order valence-electron chi connectivity index (χ3n) is 5.58. The number of carbonyl (C=O) groups is 1. The smallest absolute Gasteiger partial charge is 0.236 e. The van der Waals surface area contributed by atoms with Gasteiger partial charge in [-0.3, -0.25) is 9.36 Å². The Morgan fingerprint density at radius 1 is 1.03 bits per heavy atom. The number of thioether (sulfide) groups is 1. The number of para-hydroxylation sites is 2. The SMILES string of the molecule is COc1ccccc1-n1c(S[C@@H](C)C(=O)N(C(C)C)C(C)C)nnc1N1CCCCC1. The first-order valence-electron chi connectivity index (χ1n) is 11.2. The Bertz CT molecular complexity index is 869. The summed E-state index contributed by atoms with van der Waals surface area (Å²) in [6.45, 7) is 12.1. The Morgan fingerprint density at radius 2 is 1.68 bits per heavy atom. The highest BCUT2D eigenvalue weighted by atomic mass is 32.2. The van der Waals surface area contributed by atoms with Crippen molar-refractivity contribution in [3.8, 4) is 11.4 Å². The summed E-state index contributed by atoms with van der Waals surface area (Å²) < 4.78 is 7.69. The molecule has 0 bridgehead atoms. The van der Waals surface area contributed by atoms with Crippen molar-refractivity contribution < 1.29 is 9.53 Å². The van der Waals surface area contributed by atoms with Crippen molar-refractivity contribution in [2.45, 2.75) is 76.4 Å². The van der Waals surface area contributed by atoms with E-state index in [4.69, 9.17) is 4.74 Å². The Morgan fingerprint density at radius 3 is 2.29 bits per heavy atom. The largest absolute Gasteiger partial charge is 0.495 e. The van der Waals surface area contributed by atoms with Crippen LogP contribution in [0.2, 0.25) is 0 Å². The predicted molar refractivity (Wildman–Crippen MR) is 126 cm³/mol. The first-order chi connectivity index (χ1) is 14.8. The molecule has 0 aliphatic carbocycles. The van der Waals surface area contributed by atoms with Crippen LogP contribution in [0.15, 0.2) is 29.4 Å². The molecule has 1 fully saturated rings. The fourth-order valence-corrected chi connectivity index (χ4v) is 5.10. The summed E-state index contributed by atoms with van der Waals surface area (Å²) in [7, 11) is 1.67. The molecule has 1 aromatic heterocycles. The lowest BCUT2D eigenvalue weighted by Crippen LogP contribution is -2.45. The topological polar surface area (TPSA) is 63.5 Å². The van der Waals surface area contributed by atoms with Gasteiger partial charge in [0.15, 0.2) is 5.16 Å². The maximum atomic E-state index is 13.2. The first-order valence-corrected chi connectivity index (χ1v) is 12.1. The van der Waals surface area contributed by atoms with E-state index in [1.165, 1.54) is 18.2 Å². The predicted octanol–water partition coefficient (Wildman–Crippen LogP) is 4.39. The minimum absolute atomic E-state index is 0.115. The summed E-state index contributed by atoms with van der Waals surface area (Å²) in [6.07, 6.45) is 3.54. The van der Waals surface area contributed by atoms with E-state index in [1.807, 2.05) is 40.7 Å². The molecule has 7 nitrogen and oxygen atoms in total. The Labute approximate surface area is 190 Å². The summed E-state index contributed by atoms with van der Waals surface area (Å²) in [6, 6.07) is 8.19. The zero-order chi connectivity index (χ0) is 22.5. The number of aromatic nitrogens is 3. The average Bonchev–Trinajstić information content (AvgIpc) is 3.16. The highest BCUT2D eigenvalue weighted by Crippen LogP contribution is 2.34. The molecule has 3 rings (SSSR count). The van der Waals surface area contributed by atoms with Crippen LogP contribution in [0.25, 0.3) is 5.69 Å². The normalized spacial score (nSPS) is 15.4. The number of hydrogen-bond acceptors (Lipinski definition) is 6. The highest BCUT2D eigenvalue weighted by molar-refractivity contribution is 8.00. The third kappa shape index (κ3) is 5.17. The van der Waals surface area contributed by atoms with Gasteiger partial charge >= 0.3 is 0 Å². The molecule has 1 aliphatic rings. The van der Waals surface area contributed by atoms with E-state index >= 15 is 0 Å². The van der Waals surface area contributed by atoms with Crippen LogP contribution in [0.1, 0.15) is 53.9 Å². The third-order valence-corrected chi connectivity index (χ3v) is 6.61. The number of amides is 1. The minimum atomic E-state index is -0.281. The average molecular weight is 446 g/mol. The summed E-state index contributed by atoms with van der Waals surface area (Å²) in [4.78, 5) is 17.4. The zero-order valence-corrected chi connectivity index (χ0v) is 20.4. The van der Waals surface area contributed by atoms with Gasteiger partial charge in [0.25, 0.3) is 0 Å². The number of nitrogens with zero attached hydrogens (tertiary/aromatic N) is 5. The van der Waals surface area contributed by atoms with Crippen LogP contribution >= 0.6 is 11.8 Å². The molecule has 8 heteroatoms. The van der Waals surface area contributed by atoms with Gasteiger partial charge in [0.05, 0.1) is 18.0 Å². The van der Waals surface area contributed by atoms with Gasteiger partial charge in [-0.15, -0.1) is 10.2 Å². The van der Waals surface area contributed by atoms with Crippen LogP contribution in [-0.4, -0.2) is 63.1 Å². The van der Waals surface area contributed by atoms with Gasteiger partial charge in [-0.2, -0.15) is 0 Å². The summed E-state index contributed by atoms with van der Waals surface area (Å²) >= 11 is 1.46. The fourth-order valence-electron chi connectivity index (χ4n) is 4.19. The van der Waals surface area contributed by atoms with Crippen molar-refractivity contribution in [1.29, 1.82) is 0 Å². The van der Waals surface area contributed by atoms with E-state index in [1.54, 1.807) is 7.11 Å². The molecule has 2 aromatic rings. The highest BCUT2D eigenvalue weighted by Gasteiger charge is 2.29. The van der Waals surface area contributed by atoms with Gasteiger partial charge in [0.1, 0.15) is 5.75 Å². The number of rotatable bonds is 8. The number of benzene rings is 1. The lowest BCUT2D eigenvalue weighted by Gasteiger charge is -2.33. The van der Waals surface area contributed by atoms with Crippen LogP contribution in [0, 0.1) is 0 Å². The van der Waals surface area contributed by atoms with Crippen molar-refractivity contribution in [2.24, 2.45) is 0 Å². The lowest BCUT2D eigenvalue weighted by atomic mass is 10.1. The molecule has 0 unspecified atom stereocenters. The standard InChI is InChI=1S/C23H35N5O2S/c1-16(2)27(17(3)4)21(29)18(5)31-23-25-24-22(26-14-10-7-11-15-26)28(23)19-12-8-9-13-20(19)30-6/h8-9,12-13,16-18H,7,10-11,14-15H2,1-6H3/t18-/m0/s1. The van der Waals surface area contributed by atoms with Crippen molar-refractivity contribution in [2.75, 3.05) is 25.1 Å². The Balaban J connectivity index is 1.98. The van der Waals surface area contributed by atoms with Crippen LogP contribution in [-0.2, 0) is 4.79 Å². The molecule has 0 saturated carbocycles. The lowest BCUT2D eigenvalue weighted by molar-refractivity contribution is -0.133. The van der Waals surface area contributed by atoms with Crippen molar-refractivity contribution in [1.82, 2.24) is 19.7 Å². The van der Waals surface area contributed by atoms with E-state index in [0.29, 0.717) is 5.16 Å². The summed E-state index contributed by atoms with van der Waals surface area (Å²) in [5.74, 6) is 1.69. The molecule has 0 radical (unpaired) electrons. The molecule has 1 atom stereocenters. The summed E-state index contributed by atoms with van der Waals surface area (Å²) in [5, 5.41) is 9.51. The number of methoxy groups -OCH3 is 1. The molecule has 31 heavy (non-hydrogen) atoms. The fraction of sp³-hybridized carbons (Fsp3) is 0.609. The molecule has 1 aromatic carbocycles. The van der Waals surface area contributed by atoms with Gasteiger partial charge in [-0.05, 0) is 66.0 Å². The first kappa shape index (κ1) is 23.4. The van der Waals surface area contributed by atoms with Crippen molar-refractivity contribution in [3.63, 3.8) is 0 Å². The number of piperidine rings is 1. The van der Waals surface area contributed by atoms with Crippen LogP contribution in [0.3, 0.4) is 0 Å². The van der Waals surface area contributed by atoms with E-state index < -0.39 is 0 Å². The minimum Gasteiger partial charge on any atom is -0.495 e. The molecule has 0 N–H and O–H groups in total. The van der Waals surface area contributed by atoms with Gasteiger partial charge in [-0.1, -0.05) is 23.9 Å². The molecule has 170 valence electrons. The maximum Gasteiger partial charge on any atom is 0.236 e. The second-order valence-corrected chi connectivity index (χ2v) is 9.84. The molecular weight excluding hydrogens is 410 g/mol. The Hall–Kier alpha value is -2.22. The van der Waals surface area contributed by atoms with E-state index in [0.717, 1.165) is 43.3 Å². The molecule has 1 aliphatic heterocycles. The molecule has 0 spiro atoms. The molecular formula is C23H35N5O2S. The number of ether oxygens (including phenoxy) is 1. The maximum absolute atomic E-state index is 13.2. The van der Waals surface area contributed by atoms with Gasteiger partial charge < -0.3 is 14.5 Å².